The van der Waals surface area contributed by atoms with Gasteiger partial charge in [-0.25, -0.2) is 0 Å². The monoisotopic (exact) mass is 488 g/mol. The maximum atomic E-state index is 13.4. The van der Waals surface area contributed by atoms with Gasteiger partial charge in [0, 0.05) is 23.5 Å². The van der Waals surface area contributed by atoms with Crippen LogP contribution in [0.4, 0.5) is 13.2 Å². The number of nitrogens with zero attached hydrogens (tertiary/aromatic N) is 2. The van der Waals surface area contributed by atoms with Gasteiger partial charge in [0.25, 0.3) is 5.91 Å². The lowest BCUT2D eigenvalue weighted by molar-refractivity contribution is -0.137. The summed E-state index contributed by atoms with van der Waals surface area (Å²) in [6.07, 6.45) is -4.55. The van der Waals surface area contributed by atoms with E-state index in [1.54, 1.807) is 4.90 Å². The van der Waals surface area contributed by atoms with E-state index in [2.05, 4.69) is 0 Å². The summed E-state index contributed by atoms with van der Waals surface area (Å²) in [5, 5.41) is 1.93. The highest BCUT2D eigenvalue weighted by Crippen LogP contribution is 2.30. The van der Waals surface area contributed by atoms with Crippen LogP contribution in [0.15, 0.2) is 72.1 Å². The lowest BCUT2D eigenvalue weighted by atomic mass is 10.1. The molecule has 1 aromatic heterocycles. The molecule has 0 aliphatic rings. The molecule has 4 nitrogen and oxygen atoms in total. The Morgan fingerprint density at radius 1 is 0.912 bits per heavy atom. The third-order valence-corrected chi connectivity index (χ3v) is 5.99. The van der Waals surface area contributed by atoms with E-state index >= 15 is 0 Å². The van der Waals surface area contributed by atoms with E-state index in [9.17, 15) is 22.8 Å². The second-order valence-electron chi connectivity index (χ2n) is 8.47. The predicted octanol–water partition coefficient (Wildman–Crippen LogP) is 6.09. The van der Waals surface area contributed by atoms with E-state index in [1.165, 1.54) is 28.4 Å². The molecule has 3 aromatic rings. The van der Waals surface area contributed by atoms with Crippen LogP contribution in [0.5, 0.6) is 0 Å². The van der Waals surface area contributed by atoms with Gasteiger partial charge in [0.2, 0.25) is 5.91 Å². The number of hydrogen-bond acceptors (Lipinski definition) is 3. The van der Waals surface area contributed by atoms with Gasteiger partial charge in [-0.15, -0.1) is 11.3 Å². The van der Waals surface area contributed by atoms with Gasteiger partial charge in [0.05, 0.1) is 12.1 Å². The average Bonchev–Trinajstić information content (AvgIpc) is 3.31. The fourth-order valence-electron chi connectivity index (χ4n) is 3.56. The van der Waals surface area contributed by atoms with Crippen molar-refractivity contribution in [2.45, 2.75) is 33.1 Å². The van der Waals surface area contributed by atoms with Gasteiger partial charge in [-0.1, -0.05) is 56.3 Å². The Hall–Kier alpha value is -3.13. The van der Waals surface area contributed by atoms with Crippen molar-refractivity contribution in [2.24, 2.45) is 5.92 Å². The van der Waals surface area contributed by atoms with Crippen molar-refractivity contribution in [3.63, 3.8) is 0 Å². The minimum Gasteiger partial charge on any atom is -0.332 e. The topological polar surface area (TPSA) is 40.6 Å². The van der Waals surface area contributed by atoms with Gasteiger partial charge in [0.1, 0.15) is 6.54 Å². The zero-order valence-corrected chi connectivity index (χ0v) is 19.9. The molecule has 0 radical (unpaired) electrons. The summed E-state index contributed by atoms with van der Waals surface area (Å²) in [6.45, 7) is 4.57. The molecule has 34 heavy (non-hydrogen) atoms. The molecule has 8 heteroatoms. The maximum absolute atomic E-state index is 13.4. The maximum Gasteiger partial charge on any atom is 0.416 e. The van der Waals surface area contributed by atoms with Crippen molar-refractivity contribution in [3.8, 4) is 0 Å². The lowest BCUT2D eigenvalue weighted by Gasteiger charge is -2.29. The van der Waals surface area contributed by atoms with E-state index in [-0.39, 0.29) is 30.5 Å². The summed E-state index contributed by atoms with van der Waals surface area (Å²) in [5.41, 5.74) is -0.0271. The van der Waals surface area contributed by atoms with Gasteiger partial charge in [-0.2, -0.15) is 13.2 Å². The van der Waals surface area contributed by atoms with E-state index in [0.29, 0.717) is 13.1 Å². The van der Waals surface area contributed by atoms with Crippen LogP contribution >= 0.6 is 11.3 Å². The van der Waals surface area contributed by atoms with E-state index < -0.39 is 17.6 Å². The molecule has 1 heterocycles. The largest absolute Gasteiger partial charge is 0.416 e. The summed E-state index contributed by atoms with van der Waals surface area (Å²) >= 11 is 1.53. The summed E-state index contributed by atoms with van der Waals surface area (Å²) in [7, 11) is 0. The predicted molar refractivity (Wildman–Crippen MR) is 127 cm³/mol. The number of carbonyl (C=O) groups excluding carboxylic acids is 2. The Morgan fingerprint density at radius 2 is 1.65 bits per heavy atom. The normalized spacial score (nSPS) is 11.5. The molecule has 2 aromatic carbocycles. The fraction of sp³-hybridized carbons (Fsp3) is 0.308. The van der Waals surface area contributed by atoms with Crippen LogP contribution in [0.3, 0.4) is 0 Å². The van der Waals surface area contributed by atoms with Gasteiger partial charge >= 0.3 is 6.18 Å². The van der Waals surface area contributed by atoms with Crippen molar-refractivity contribution < 1.29 is 22.8 Å². The first-order chi connectivity index (χ1) is 16.1. The quantitative estimate of drug-likeness (QED) is 0.366. The third-order valence-electron chi connectivity index (χ3n) is 5.13. The summed E-state index contributed by atoms with van der Waals surface area (Å²) in [6, 6.07) is 17.7. The molecule has 180 valence electrons. The molecule has 0 bridgehead atoms. The van der Waals surface area contributed by atoms with Crippen molar-refractivity contribution in [1.29, 1.82) is 0 Å². The molecule has 2 amide bonds. The van der Waals surface area contributed by atoms with Crippen LogP contribution in [0.2, 0.25) is 0 Å². The molecular formula is C26H27F3N2O2S. The number of rotatable bonds is 9. The van der Waals surface area contributed by atoms with Crippen LogP contribution in [0, 0.1) is 5.92 Å². The van der Waals surface area contributed by atoms with Gasteiger partial charge in [0.15, 0.2) is 0 Å². The molecule has 0 spiro atoms. The second kappa shape index (κ2) is 11.3. The first-order valence-corrected chi connectivity index (χ1v) is 11.8. The number of benzene rings is 2. The van der Waals surface area contributed by atoms with E-state index in [0.717, 1.165) is 22.6 Å². The molecular weight excluding hydrogens is 461 g/mol. The van der Waals surface area contributed by atoms with Gasteiger partial charge < -0.3 is 9.80 Å². The number of amides is 2. The molecule has 0 unspecified atom stereocenters. The highest BCUT2D eigenvalue weighted by atomic mass is 32.1. The molecule has 0 fully saturated rings. The Morgan fingerprint density at radius 3 is 2.26 bits per heavy atom. The molecule has 3 rings (SSSR count). The van der Waals surface area contributed by atoms with Crippen LogP contribution < -0.4 is 0 Å². The van der Waals surface area contributed by atoms with Crippen molar-refractivity contribution in [1.82, 2.24) is 9.80 Å². The Labute approximate surface area is 201 Å². The Balaban J connectivity index is 1.83. The SMILES string of the molecule is CC(C)CN(CC(=O)N(Cc1ccccc1)Cc1cccs1)C(=O)c1cccc(C(F)(F)F)c1. The minimum absolute atomic E-state index is 0.0300. The standard InChI is InChI=1S/C26H27F3N2O2S/c1-19(2)15-31(25(33)21-10-6-11-22(14-21)26(27,28)29)18-24(32)30(17-23-12-7-13-34-23)16-20-8-4-3-5-9-20/h3-14,19H,15-18H2,1-2H3. The summed E-state index contributed by atoms with van der Waals surface area (Å²) < 4.78 is 39.5. The third kappa shape index (κ3) is 7.18. The zero-order chi connectivity index (χ0) is 24.7. The number of thiophene rings is 1. The molecule has 0 N–H and O–H groups in total. The van der Waals surface area contributed by atoms with E-state index in [4.69, 9.17) is 0 Å². The smallest absolute Gasteiger partial charge is 0.332 e. The number of carbonyl (C=O) groups is 2. The van der Waals surface area contributed by atoms with Crippen LogP contribution in [0.1, 0.15) is 40.2 Å². The van der Waals surface area contributed by atoms with Crippen LogP contribution in [-0.4, -0.2) is 34.7 Å². The van der Waals surface area contributed by atoms with Crippen LogP contribution in [-0.2, 0) is 24.1 Å². The first-order valence-electron chi connectivity index (χ1n) is 10.9. The molecule has 0 aliphatic heterocycles. The number of hydrogen-bond donors (Lipinski definition) is 0. The zero-order valence-electron chi connectivity index (χ0n) is 19.1. The molecule has 0 aliphatic carbocycles. The summed E-state index contributed by atoms with van der Waals surface area (Å²) in [4.78, 5) is 30.6. The number of halogens is 3. The van der Waals surface area contributed by atoms with Gasteiger partial charge in [-0.05, 0) is 41.1 Å². The summed E-state index contributed by atoms with van der Waals surface area (Å²) in [5.74, 6) is -0.829. The molecule has 0 atom stereocenters. The Kier molecular flexibility index (Phi) is 8.50. The second-order valence-corrected chi connectivity index (χ2v) is 9.51. The average molecular weight is 489 g/mol. The lowest BCUT2D eigenvalue weighted by Crippen LogP contribution is -2.43. The Bertz CT molecular complexity index is 1080. The minimum atomic E-state index is -4.55. The van der Waals surface area contributed by atoms with Crippen molar-refractivity contribution in [2.75, 3.05) is 13.1 Å². The highest BCUT2D eigenvalue weighted by Gasteiger charge is 2.32. The van der Waals surface area contributed by atoms with Crippen LogP contribution in [0.25, 0.3) is 0 Å². The fourth-order valence-corrected chi connectivity index (χ4v) is 4.28. The highest BCUT2D eigenvalue weighted by molar-refractivity contribution is 7.09. The van der Waals surface area contributed by atoms with Crippen molar-refractivity contribution >= 4 is 23.2 Å². The van der Waals surface area contributed by atoms with Crippen molar-refractivity contribution in [3.05, 3.63) is 93.7 Å². The number of alkyl halides is 3. The first kappa shape index (κ1) is 25.5. The van der Waals surface area contributed by atoms with E-state index in [1.807, 2.05) is 61.7 Å². The molecule has 0 saturated carbocycles. The van der Waals surface area contributed by atoms with Gasteiger partial charge in [-0.3, -0.25) is 9.59 Å². The molecule has 0 saturated heterocycles.